The summed E-state index contributed by atoms with van der Waals surface area (Å²) in [5, 5.41) is 3.00. The molecule has 150 valence electrons. The first kappa shape index (κ1) is 20.0. The smallest absolute Gasteiger partial charge is 0.317 e. The number of nitrogens with zero attached hydrogens (tertiary/aromatic N) is 2. The molecule has 5 nitrogen and oxygen atoms in total. The molecule has 5 heteroatoms. The van der Waals surface area contributed by atoms with E-state index in [1.165, 1.54) is 45.3 Å². The summed E-state index contributed by atoms with van der Waals surface area (Å²) in [7, 11) is 0. The Balaban J connectivity index is 1.30. The largest absolute Gasteiger partial charge is 0.491 e. The molecule has 1 N–H and O–H groups in total. The minimum Gasteiger partial charge on any atom is -0.491 e. The van der Waals surface area contributed by atoms with Crippen LogP contribution < -0.4 is 10.1 Å². The van der Waals surface area contributed by atoms with Crippen molar-refractivity contribution >= 4 is 6.03 Å². The summed E-state index contributed by atoms with van der Waals surface area (Å²) in [6.45, 7) is 8.58. The highest BCUT2D eigenvalue weighted by molar-refractivity contribution is 5.74. The van der Waals surface area contributed by atoms with Crippen LogP contribution in [0.1, 0.15) is 44.1 Å². The van der Waals surface area contributed by atoms with Crippen LogP contribution in [-0.4, -0.2) is 61.7 Å². The van der Waals surface area contributed by atoms with Crippen molar-refractivity contribution in [3.8, 4) is 5.75 Å². The predicted molar refractivity (Wildman–Crippen MR) is 109 cm³/mol. The van der Waals surface area contributed by atoms with Gasteiger partial charge in [0.1, 0.15) is 12.4 Å². The van der Waals surface area contributed by atoms with Gasteiger partial charge < -0.3 is 19.9 Å². The van der Waals surface area contributed by atoms with Gasteiger partial charge in [0, 0.05) is 19.6 Å². The number of ether oxygens (including phenoxy) is 1. The van der Waals surface area contributed by atoms with Gasteiger partial charge in [-0.1, -0.05) is 31.0 Å². The van der Waals surface area contributed by atoms with Crippen LogP contribution in [-0.2, 0) is 0 Å². The molecule has 2 heterocycles. The summed E-state index contributed by atoms with van der Waals surface area (Å²) in [6.07, 6.45) is 7.75. The maximum atomic E-state index is 12.4. The van der Waals surface area contributed by atoms with E-state index in [-0.39, 0.29) is 6.03 Å². The molecule has 0 aromatic heterocycles. The molecule has 0 saturated carbocycles. The molecule has 0 radical (unpaired) electrons. The molecule has 2 aliphatic heterocycles. The Bertz CT molecular complexity index is 577. The van der Waals surface area contributed by atoms with E-state index >= 15 is 0 Å². The first-order valence-electron chi connectivity index (χ1n) is 10.7. The van der Waals surface area contributed by atoms with Crippen LogP contribution in [0.2, 0.25) is 0 Å². The van der Waals surface area contributed by atoms with Crippen molar-refractivity contribution in [1.29, 1.82) is 0 Å². The molecule has 0 unspecified atom stereocenters. The Kier molecular flexibility index (Phi) is 7.81. The third-order valence-electron chi connectivity index (χ3n) is 5.85. The minimum atomic E-state index is 0.0524. The van der Waals surface area contributed by atoms with Crippen LogP contribution in [0, 0.1) is 12.8 Å². The summed E-state index contributed by atoms with van der Waals surface area (Å²) in [5.74, 6) is 1.64. The monoisotopic (exact) mass is 373 g/mol. The molecule has 1 aromatic rings. The van der Waals surface area contributed by atoms with E-state index < -0.39 is 0 Å². The van der Waals surface area contributed by atoms with Gasteiger partial charge in [0.2, 0.25) is 0 Å². The first-order valence-corrected chi connectivity index (χ1v) is 10.7. The topological polar surface area (TPSA) is 44.8 Å². The van der Waals surface area contributed by atoms with Crippen molar-refractivity contribution in [3.63, 3.8) is 0 Å². The molecule has 0 bridgehead atoms. The second-order valence-electron chi connectivity index (χ2n) is 7.99. The SMILES string of the molecule is Cc1ccccc1OCCNC(=O)N1CCC(CN2CCCCCC2)CC1. The number of carbonyl (C=O) groups is 1. The lowest BCUT2D eigenvalue weighted by Gasteiger charge is -2.34. The highest BCUT2D eigenvalue weighted by Crippen LogP contribution is 2.20. The van der Waals surface area contributed by atoms with E-state index in [0.29, 0.717) is 13.2 Å². The van der Waals surface area contributed by atoms with Gasteiger partial charge in [0.05, 0.1) is 6.54 Å². The van der Waals surface area contributed by atoms with Gasteiger partial charge in [-0.2, -0.15) is 0 Å². The highest BCUT2D eigenvalue weighted by Gasteiger charge is 2.24. The van der Waals surface area contributed by atoms with Crippen molar-refractivity contribution < 1.29 is 9.53 Å². The third kappa shape index (κ3) is 6.42. The fraction of sp³-hybridized carbons (Fsp3) is 0.682. The van der Waals surface area contributed by atoms with E-state index in [4.69, 9.17) is 4.74 Å². The molecule has 3 rings (SSSR count). The zero-order chi connectivity index (χ0) is 18.9. The molecular formula is C22H35N3O2. The normalized spacial score (nSPS) is 19.5. The number of nitrogens with one attached hydrogen (secondary N) is 1. The van der Waals surface area contributed by atoms with E-state index in [1.807, 2.05) is 36.1 Å². The minimum absolute atomic E-state index is 0.0524. The Labute approximate surface area is 164 Å². The molecule has 2 fully saturated rings. The summed E-state index contributed by atoms with van der Waals surface area (Å²) in [4.78, 5) is 17.0. The Morgan fingerprint density at radius 2 is 1.78 bits per heavy atom. The van der Waals surface area contributed by atoms with Crippen molar-refractivity contribution in [1.82, 2.24) is 15.1 Å². The van der Waals surface area contributed by atoms with E-state index in [0.717, 1.165) is 43.2 Å². The number of para-hydroxylation sites is 1. The van der Waals surface area contributed by atoms with Gasteiger partial charge in [-0.15, -0.1) is 0 Å². The number of piperidine rings is 1. The van der Waals surface area contributed by atoms with E-state index in [1.54, 1.807) is 0 Å². The number of rotatable bonds is 6. The first-order chi connectivity index (χ1) is 13.2. The third-order valence-corrected chi connectivity index (χ3v) is 5.85. The summed E-state index contributed by atoms with van der Waals surface area (Å²) in [6, 6.07) is 8.02. The number of hydrogen-bond donors (Lipinski definition) is 1. The van der Waals surface area contributed by atoms with Crippen LogP contribution in [0.3, 0.4) is 0 Å². The van der Waals surface area contributed by atoms with Gasteiger partial charge in [-0.25, -0.2) is 4.79 Å². The average Bonchev–Trinajstić information content (AvgIpc) is 2.95. The van der Waals surface area contributed by atoms with Gasteiger partial charge >= 0.3 is 6.03 Å². The quantitative estimate of drug-likeness (QED) is 0.774. The number of amides is 2. The molecular weight excluding hydrogens is 338 g/mol. The maximum absolute atomic E-state index is 12.4. The molecule has 0 atom stereocenters. The molecule has 1 aromatic carbocycles. The fourth-order valence-electron chi connectivity index (χ4n) is 4.15. The number of carbonyl (C=O) groups excluding carboxylic acids is 1. The molecule has 0 aliphatic carbocycles. The van der Waals surface area contributed by atoms with Gasteiger partial charge in [-0.3, -0.25) is 0 Å². The van der Waals surface area contributed by atoms with Gasteiger partial charge in [-0.05, 0) is 63.2 Å². The number of hydrogen-bond acceptors (Lipinski definition) is 3. The lowest BCUT2D eigenvalue weighted by molar-refractivity contribution is 0.147. The van der Waals surface area contributed by atoms with E-state index in [2.05, 4.69) is 10.2 Å². The summed E-state index contributed by atoms with van der Waals surface area (Å²) in [5.41, 5.74) is 1.12. The predicted octanol–water partition coefficient (Wildman–Crippen LogP) is 3.67. The number of aryl methyl sites for hydroxylation is 1. The second-order valence-corrected chi connectivity index (χ2v) is 7.99. The summed E-state index contributed by atoms with van der Waals surface area (Å²) < 4.78 is 5.75. The van der Waals surface area contributed by atoms with Crippen molar-refractivity contribution in [2.45, 2.75) is 45.4 Å². The zero-order valence-electron chi connectivity index (χ0n) is 16.8. The van der Waals surface area contributed by atoms with Crippen molar-refractivity contribution in [3.05, 3.63) is 29.8 Å². The number of likely N-dealkylation sites (tertiary alicyclic amines) is 2. The lowest BCUT2D eigenvalue weighted by atomic mass is 9.96. The number of benzene rings is 1. The maximum Gasteiger partial charge on any atom is 0.317 e. The van der Waals surface area contributed by atoms with Crippen LogP contribution in [0.15, 0.2) is 24.3 Å². The van der Waals surface area contributed by atoms with Crippen LogP contribution >= 0.6 is 0 Å². The van der Waals surface area contributed by atoms with Gasteiger partial charge in [0.15, 0.2) is 0 Å². The Hall–Kier alpha value is -1.75. The van der Waals surface area contributed by atoms with Crippen molar-refractivity contribution in [2.75, 3.05) is 45.9 Å². The van der Waals surface area contributed by atoms with Crippen LogP contribution in [0.5, 0.6) is 5.75 Å². The standard InChI is InChI=1S/C22H35N3O2/c1-19-8-4-5-9-21(19)27-17-12-23-22(26)25-15-10-20(11-16-25)18-24-13-6-2-3-7-14-24/h4-5,8-9,20H,2-3,6-7,10-18H2,1H3,(H,23,26). The lowest BCUT2D eigenvalue weighted by Crippen LogP contribution is -2.46. The van der Waals surface area contributed by atoms with Crippen LogP contribution in [0.25, 0.3) is 0 Å². The molecule has 2 saturated heterocycles. The van der Waals surface area contributed by atoms with Gasteiger partial charge in [0.25, 0.3) is 0 Å². The molecule has 2 amide bonds. The summed E-state index contributed by atoms with van der Waals surface area (Å²) >= 11 is 0. The van der Waals surface area contributed by atoms with Crippen LogP contribution in [0.4, 0.5) is 4.79 Å². The number of urea groups is 1. The average molecular weight is 374 g/mol. The second kappa shape index (κ2) is 10.5. The molecule has 2 aliphatic rings. The molecule has 27 heavy (non-hydrogen) atoms. The molecule has 0 spiro atoms. The van der Waals surface area contributed by atoms with E-state index in [9.17, 15) is 4.79 Å². The fourth-order valence-corrected chi connectivity index (χ4v) is 4.15. The van der Waals surface area contributed by atoms with Crippen molar-refractivity contribution in [2.24, 2.45) is 5.92 Å². The zero-order valence-corrected chi connectivity index (χ0v) is 16.8. The Morgan fingerprint density at radius 1 is 1.07 bits per heavy atom. The highest BCUT2D eigenvalue weighted by atomic mass is 16.5. The Morgan fingerprint density at radius 3 is 2.48 bits per heavy atom.